The molecule has 2 aromatic rings. The summed E-state index contributed by atoms with van der Waals surface area (Å²) in [6.45, 7) is 0. The number of rotatable bonds is 2. The molecule has 2 saturated carbocycles. The van der Waals surface area contributed by atoms with E-state index in [-0.39, 0.29) is 6.17 Å². The second kappa shape index (κ2) is 5.56. The zero-order valence-electron chi connectivity index (χ0n) is 14.7. The van der Waals surface area contributed by atoms with Gasteiger partial charge in [-0.25, -0.2) is 4.98 Å². The van der Waals surface area contributed by atoms with Crippen molar-refractivity contribution in [3.8, 4) is 0 Å². The first kappa shape index (κ1) is 14.8. The van der Waals surface area contributed by atoms with Crippen molar-refractivity contribution in [3.05, 3.63) is 24.2 Å². The van der Waals surface area contributed by atoms with E-state index >= 15 is 0 Å². The number of aromatic nitrogens is 4. The summed E-state index contributed by atoms with van der Waals surface area (Å²) in [5.41, 5.74) is 3.37. The molecule has 1 N–H and O–H groups in total. The topological polar surface area (TPSA) is 84.4 Å². The van der Waals surface area contributed by atoms with E-state index in [1.807, 2.05) is 12.5 Å². The molecule has 3 unspecified atom stereocenters. The number of fused-ring (bicyclic) bond motifs is 6. The molecule has 2 aliphatic heterocycles. The van der Waals surface area contributed by atoms with Crippen molar-refractivity contribution in [2.45, 2.75) is 69.5 Å². The van der Waals surface area contributed by atoms with E-state index in [2.05, 4.69) is 30.1 Å². The van der Waals surface area contributed by atoms with E-state index in [1.165, 1.54) is 38.5 Å². The third kappa shape index (κ3) is 2.01. The Bertz CT molecular complexity index is 849. The van der Waals surface area contributed by atoms with Crippen LogP contribution < -0.4 is 10.3 Å². The van der Waals surface area contributed by atoms with E-state index in [9.17, 15) is 0 Å². The molecule has 0 spiro atoms. The van der Waals surface area contributed by atoms with Crippen LogP contribution >= 0.6 is 0 Å². The van der Waals surface area contributed by atoms with Gasteiger partial charge in [-0.05, 0) is 25.7 Å². The Morgan fingerprint density at radius 3 is 2.85 bits per heavy atom. The van der Waals surface area contributed by atoms with Crippen LogP contribution in [0.3, 0.4) is 0 Å². The summed E-state index contributed by atoms with van der Waals surface area (Å²) in [7, 11) is 0. The molecule has 0 aromatic carbocycles. The summed E-state index contributed by atoms with van der Waals surface area (Å²) in [5, 5.41) is 8.89. The molecular formula is C18H23N7O. The molecule has 2 aromatic heterocycles. The Morgan fingerprint density at radius 2 is 1.92 bits per heavy atom. The van der Waals surface area contributed by atoms with Crippen LogP contribution in [0.25, 0.3) is 0 Å². The van der Waals surface area contributed by atoms with E-state index in [4.69, 9.17) is 9.51 Å². The van der Waals surface area contributed by atoms with Crippen molar-refractivity contribution in [1.82, 2.24) is 25.1 Å². The number of nitrogens with one attached hydrogen (secondary N) is 1. The van der Waals surface area contributed by atoms with Gasteiger partial charge in [-0.15, -0.1) is 0 Å². The molecule has 2 aliphatic carbocycles. The Morgan fingerprint density at radius 1 is 1.08 bits per heavy atom. The van der Waals surface area contributed by atoms with E-state index in [1.54, 1.807) is 0 Å². The predicted octanol–water partition coefficient (Wildman–Crippen LogP) is 2.77. The van der Waals surface area contributed by atoms with Gasteiger partial charge in [-0.2, -0.15) is 10.1 Å². The first-order valence-electron chi connectivity index (χ1n) is 9.88. The van der Waals surface area contributed by atoms with Crippen LogP contribution in [-0.4, -0.2) is 31.7 Å². The van der Waals surface area contributed by atoms with Crippen LogP contribution in [0.15, 0.2) is 22.1 Å². The summed E-state index contributed by atoms with van der Waals surface area (Å²) >= 11 is 0. The quantitative estimate of drug-likeness (QED) is 0.894. The molecule has 6 rings (SSSR count). The van der Waals surface area contributed by atoms with Gasteiger partial charge in [0.15, 0.2) is 0 Å². The maximum Gasteiger partial charge on any atom is 0.240 e. The molecule has 8 nitrogen and oxygen atoms in total. The van der Waals surface area contributed by atoms with Gasteiger partial charge in [0.1, 0.15) is 12.0 Å². The number of nitrogens with zero attached hydrogens (tertiary/aromatic N) is 6. The van der Waals surface area contributed by atoms with Gasteiger partial charge < -0.3 is 9.09 Å². The fourth-order valence-corrected chi connectivity index (χ4v) is 5.32. The molecule has 8 heteroatoms. The summed E-state index contributed by atoms with van der Waals surface area (Å²) < 4.78 is 7.92. The molecule has 136 valence electrons. The van der Waals surface area contributed by atoms with Crippen molar-refractivity contribution in [1.29, 1.82) is 0 Å². The minimum Gasteiger partial charge on any atom is -0.339 e. The fourth-order valence-electron chi connectivity index (χ4n) is 5.32. The Kier molecular flexibility index (Phi) is 3.15. The largest absolute Gasteiger partial charge is 0.339 e. The Labute approximate surface area is 151 Å². The summed E-state index contributed by atoms with van der Waals surface area (Å²) in [5.74, 6) is 4.13. The molecule has 4 heterocycles. The van der Waals surface area contributed by atoms with Crippen LogP contribution in [0.4, 0.5) is 5.82 Å². The molecule has 0 radical (unpaired) electrons. The van der Waals surface area contributed by atoms with Crippen molar-refractivity contribution in [3.63, 3.8) is 0 Å². The number of amidine groups is 1. The van der Waals surface area contributed by atoms with Crippen LogP contribution in [0.1, 0.15) is 75.0 Å². The number of anilines is 1. The molecular weight excluding hydrogens is 330 g/mol. The summed E-state index contributed by atoms with van der Waals surface area (Å²) in [6, 6.07) is 0.504. The SMILES string of the molecule is c1ncn2c1N1C(c3noc(C4CCCC4)n3)=NNC1C1CCCCC12. The predicted molar refractivity (Wildman–Crippen MR) is 94.7 cm³/mol. The summed E-state index contributed by atoms with van der Waals surface area (Å²) in [4.78, 5) is 11.4. The molecule has 4 aliphatic rings. The molecule has 0 bridgehead atoms. The number of hydrogen-bond donors (Lipinski definition) is 1. The van der Waals surface area contributed by atoms with Gasteiger partial charge in [0.25, 0.3) is 0 Å². The molecule has 26 heavy (non-hydrogen) atoms. The highest BCUT2D eigenvalue weighted by atomic mass is 16.5. The number of imidazole rings is 1. The van der Waals surface area contributed by atoms with E-state index in [0.717, 1.165) is 30.4 Å². The highest BCUT2D eigenvalue weighted by molar-refractivity contribution is 6.08. The van der Waals surface area contributed by atoms with Crippen LogP contribution in [0, 0.1) is 5.92 Å². The molecule has 0 amide bonds. The lowest BCUT2D eigenvalue weighted by molar-refractivity contribution is 0.176. The monoisotopic (exact) mass is 353 g/mol. The number of hydrogen-bond acceptors (Lipinski definition) is 7. The average molecular weight is 353 g/mol. The maximum absolute atomic E-state index is 5.60. The van der Waals surface area contributed by atoms with Gasteiger partial charge in [0.05, 0.1) is 12.5 Å². The van der Waals surface area contributed by atoms with Gasteiger partial charge in [0.2, 0.25) is 17.6 Å². The maximum atomic E-state index is 5.60. The molecule has 3 atom stereocenters. The summed E-state index contributed by atoms with van der Waals surface area (Å²) in [6.07, 6.45) is 13.8. The van der Waals surface area contributed by atoms with Crippen LogP contribution in [0.2, 0.25) is 0 Å². The third-order valence-electron chi connectivity index (χ3n) is 6.59. The van der Waals surface area contributed by atoms with Gasteiger partial charge in [-0.3, -0.25) is 10.3 Å². The van der Waals surface area contributed by atoms with Crippen molar-refractivity contribution in [2.24, 2.45) is 11.0 Å². The fraction of sp³-hybridized carbons (Fsp3) is 0.667. The second-order valence-electron chi connectivity index (χ2n) is 7.99. The van der Waals surface area contributed by atoms with Crippen molar-refractivity contribution >= 4 is 11.7 Å². The minimum absolute atomic E-state index is 0.160. The van der Waals surface area contributed by atoms with E-state index < -0.39 is 0 Å². The lowest BCUT2D eigenvalue weighted by Gasteiger charge is -2.45. The number of hydrazone groups is 1. The minimum atomic E-state index is 0.160. The van der Waals surface area contributed by atoms with Gasteiger partial charge in [-0.1, -0.05) is 30.8 Å². The van der Waals surface area contributed by atoms with Crippen molar-refractivity contribution < 1.29 is 4.52 Å². The van der Waals surface area contributed by atoms with Gasteiger partial charge >= 0.3 is 0 Å². The van der Waals surface area contributed by atoms with Gasteiger partial charge in [0, 0.05) is 17.9 Å². The first-order chi connectivity index (χ1) is 12.9. The molecule has 0 saturated heterocycles. The van der Waals surface area contributed by atoms with E-state index in [0.29, 0.717) is 23.7 Å². The van der Waals surface area contributed by atoms with Crippen molar-refractivity contribution in [2.75, 3.05) is 4.90 Å². The highest BCUT2D eigenvalue weighted by Crippen LogP contribution is 2.45. The lowest BCUT2D eigenvalue weighted by Crippen LogP contribution is -2.53. The van der Waals surface area contributed by atoms with Crippen LogP contribution in [0.5, 0.6) is 0 Å². The molecule has 2 fully saturated rings. The Hall–Kier alpha value is -2.38. The zero-order valence-corrected chi connectivity index (χ0v) is 14.7. The van der Waals surface area contributed by atoms with Crippen LogP contribution in [-0.2, 0) is 0 Å². The average Bonchev–Trinajstić information content (AvgIpc) is 3.47. The highest BCUT2D eigenvalue weighted by Gasteiger charge is 2.47. The Balaban J connectivity index is 1.37. The first-order valence-corrected chi connectivity index (χ1v) is 9.88. The zero-order chi connectivity index (χ0) is 17.1. The smallest absolute Gasteiger partial charge is 0.240 e. The normalized spacial score (nSPS) is 30.5. The lowest BCUT2D eigenvalue weighted by atomic mass is 9.80. The third-order valence-corrected chi connectivity index (χ3v) is 6.59. The standard InChI is InChI=1S/C18H23N7O/c1-2-6-11(5-1)18-20-15(23-26-18)17-22-21-16-12-7-3-4-8-13(12)24-10-19-9-14(24)25(16)17/h9-13,16,21H,1-8H2. The second-order valence-corrected chi connectivity index (χ2v) is 7.99.